The first-order chi connectivity index (χ1) is 13.5. The fourth-order valence-corrected chi connectivity index (χ4v) is 2.86. The van der Waals surface area contributed by atoms with Gasteiger partial charge in [-0.25, -0.2) is 14.2 Å². The molecule has 11 heteroatoms. The minimum absolute atomic E-state index is 0.177. The number of pyridine rings is 1. The van der Waals surface area contributed by atoms with Gasteiger partial charge in [0.25, 0.3) is 0 Å². The van der Waals surface area contributed by atoms with Gasteiger partial charge in [0.2, 0.25) is 5.96 Å². The van der Waals surface area contributed by atoms with Crippen LogP contribution in [0.15, 0.2) is 41.5 Å². The summed E-state index contributed by atoms with van der Waals surface area (Å²) in [4.78, 5) is 21.6. The van der Waals surface area contributed by atoms with E-state index in [0.29, 0.717) is 28.6 Å². The molecule has 0 aliphatic carbocycles. The summed E-state index contributed by atoms with van der Waals surface area (Å²) in [6, 6.07) is 7.84. The molecule has 2 aliphatic rings. The van der Waals surface area contributed by atoms with Gasteiger partial charge in [0.15, 0.2) is 5.82 Å². The molecule has 1 atom stereocenters. The normalized spacial score (nSPS) is 21.0. The molecule has 2 saturated heterocycles. The highest BCUT2D eigenvalue weighted by molar-refractivity contribution is 5.90. The summed E-state index contributed by atoms with van der Waals surface area (Å²) in [6.07, 6.45) is 0.313. The van der Waals surface area contributed by atoms with E-state index in [2.05, 4.69) is 26.4 Å². The van der Waals surface area contributed by atoms with E-state index >= 15 is 0 Å². The van der Waals surface area contributed by atoms with Crippen molar-refractivity contribution in [3.8, 4) is 11.1 Å². The number of hydrogen-bond acceptors (Lipinski definition) is 7. The highest BCUT2D eigenvalue weighted by atomic mass is 19.1. The Kier molecular flexibility index (Phi) is 4.77. The summed E-state index contributed by atoms with van der Waals surface area (Å²) >= 11 is 0. The van der Waals surface area contributed by atoms with Crippen LogP contribution >= 0.6 is 0 Å². The van der Waals surface area contributed by atoms with Crippen LogP contribution in [0.2, 0.25) is 0 Å². The molecule has 0 radical (unpaired) electrons. The van der Waals surface area contributed by atoms with Crippen LogP contribution in [-0.4, -0.2) is 53.6 Å². The topological polar surface area (TPSA) is 114 Å². The molecule has 0 bridgehead atoms. The second-order valence-electron chi connectivity index (χ2n) is 6.24. The number of cyclic esters (lactones) is 1. The molecule has 0 saturated carbocycles. The summed E-state index contributed by atoms with van der Waals surface area (Å²) in [7, 11) is 1.77. The summed E-state index contributed by atoms with van der Waals surface area (Å²) in [6.45, 7) is -0.0980. The number of aliphatic imine (C=N–C) groups is 1. The van der Waals surface area contributed by atoms with Crippen molar-refractivity contribution < 1.29 is 19.0 Å². The van der Waals surface area contributed by atoms with E-state index < -0.39 is 18.0 Å². The van der Waals surface area contributed by atoms with Crippen molar-refractivity contribution in [3.63, 3.8) is 0 Å². The number of hydrazine groups is 3. The smallest absolute Gasteiger partial charge is 0.414 e. The fourth-order valence-electron chi connectivity index (χ4n) is 2.86. The predicted molar refractivity (Wildman–Crippen MR) is 98.6 cm³/mol. The number of nitrogens with zero attached hydrogens (tertiary/aromatic N) is 4. The van der Waals surface area contributed by atoms with Crippen LogP contribution < -0.4 is 21.3 Å². The van der Waals surface area contributed by atoms with Crippen molar-refractivity contribution in [2.75, 3.05) is 25.1 Å². The molecule has 2 fully saturated rings. The molecule has 2 aliphatic heterocycles. The van der Waals surface area contributed by atoms with Gasteiger partial charge < -0.3 is 9.84 Å². The Morgan fingerprint density at radius 2 is 2.25 bits per heavy atom. The Bertz CT molecular complexity index is 921. The van der Waals surface area contributed by atoms with Crippen molar-refractivity contribution >= 4 is 23.6 Å². The number of anilines is 1. The third kappa shape index (κ3) is 3.58. The number of guanidine groups is 1. The number of benzene rings is 1. The Labute approximate surface area is 159 Å². The quantitative estimate of drug-likeness (QED) is 0.605. The summed E-state index contributed by atoms with van der Waals surface area (Å²) < 4.78 is 19.6. The van der Waals surface area contributed by atoms with Gasteiger partial charge in [-0.3, -0.25) is 15.8 Å². The number of carbonyl (C=O) groups excluding carboxylic acids is 1. The molecule has 1 aromatic heterocycles. The maximum atomic E-state index is 14.6. The number of carbonyl (C=O) groups is 1. The van der Waals surface area contributed by atoms with Crippen molar-refractivity contribution in [3.05, 3.63) is 42.3 Å². The molecule has 28 heavy (non-hydrogen) atoms. The molecule has 4 rings (SSSR count). The van der Waals surface area contributed by atoms with Crippen molar-refractivity contribution in [2.45, 2.75) is 6.10 Å². The molecule has 0 spiro atoms. The number of aliphatic hydroxyl groups is 1. The molecule has 2 aromatic rings. The van der Waals surface area contributed by atoms with Gasteiger partial charge in [-0.15, -0.1) is 10.7 Å². The molecule has 4 N–H and O–H groups in total. The zero-order chi connectivity index (χ0) is 19.7. The van der Waals surface area contributed by atoms with Gasteiger partial charge >= 0.3 is 6.09 Å². The summed E-state index contributed by atoms with van der Waals surface area (Å²) in [5.74, 6) is 0.434. The fraction of sp³-hybridized carbons (Fsp3) is 0.235. The number of rotatable bonds is 4. The van der Waals surface area contributed by atoms with Gasteiger partial charge in [0.1, 0.15) is 11.9 Å². The Balaban J connectivity index is 1.52. The Morgan fingerprint density at radius 1 is 1.39 bits per heavy atom. The van der Waals surface area contributed by atoms with Crippen molar-refractivity contribution in [1.82, 2.24) is 26.5 Å². The molecule has 3 heterocycles. The summed E-state index contributed by atoms with van der Waals surface area (Å²) in [5, 5.41) is 10.7. The predicted octanol–water partition coefficient (Wildman–Crippen LogP) is 0.652. The third-order valence-corrected chi connectivity index (χ3v) is 4.24. The third-order valence-electron chi connectivity index (χ3n) is 4.24. The van der Waals surface area contributed by atoms with Crippen LogP contribution in [0.25, 0.3) is 11.1 Å². The van der Waals surface area contributed by atoms with Gasteiger partial charge in [-0.05, 0) is 30.3 Å². The first kappa shape index (κ1) is 18.1. The number of aromatic nitrogens is 1. The van der Waals surface area contributed by atoms with E-state index in [1.165, 1.54) is 17.2 Å². The van der Waals surface area contributed by atoms with Crippen molar-refractivity contribution in [1.29, 1.82) is 0 Å². The number of halogens is 1. The second-order valence-corrected chi connectivity index (χ2v) is 6.24. The number of nitrogens with one attached hydrogen (secondary N) is 3. The highest BCUT2D eigenvalue weighted by Gasteiger charge is 2.32. The van der Waals surface area contributed by atoms with Crippen LogP contribution in [0.3, 0.4) is 0 Å². The van der Waals surface area contributed by atoms with Gasteiger partial charge in [0.05, 0.1) is 18.8 Å². The van der Waals surface area contributed by atoms with Gasteiger partial charge in [0, 0.05) is 24.4 Å². The average molecular weight is 387 g/mol. The average Bonchev–Trinajstić information content (AvgIpc) is 3.27. The van der Waals surface area contributed by atoms with Crippen LogP contribution in [0.4, 0.5) is 20.7 Å². The molecule has 1 aromatic carbocycles. The highest BCUT2D eigenvalue weighted by Crippen LogP contribution is 2.29. The minimum atomic E-state index is -0.606. The van der Waals surface area contributed by atoms with Crippen LogP contribution in [0.5, 0.6) is 0 Å². The lowest BCUT2D eigenvalue weighted by atomic mass is 10.1. The van der Waals surface area contributed by atoms with E-state index in [9.17, 15) is 9.18 Å². The lowest BCUT2D eigenvalue weighted by Gasteiger charge is -2.14. The monoisotopic (exact) mass is 387 g/mol. The molecule has 0 unspecified atom stereocenters. The maximum absolute atomic E-state index is 14.6. The minimum Gasteiger partial charge on any atom is -0.441 e. The van der Waals surface area contributed by atoms with Crippen LogP contribution in [0.1, 0.15) is 0 Å². The maximum Gasteiger partial charge on any atom is 0.414 e. The molecular weight excluding hydrogens is 369 g/mol. The SMILES string of the molecule is CN1NNC(=Nc2ccc(-c3ccc(N4C[C@H](CO)OC4=O)cc3F)cn2)N1. The van der Waals surface area contributed by atoms with E-state index in [4.69, 9.17) is 9.84 Å². The zero-order valence-corrected chi connectivity index (χ0v) is 14.9. The van der Waals surface area contributed by atoms with Gasteiger partial charge in [-0.2, -0.15) is 4.99 Å². The van der Waals surface area contributed by atoms with Gasteiger partial charge in [-0.1, -0.05) is 0 Å². The first-order valence-corrected chi connectivity index (χ1v) is 8.49. The van der Waals surface area contributed by atoms with E-state index in [1.807, 2.05) is 0 Å². The second kappa shape index (κ2) is 7.38. The molecule has 1 amide bonds. The van der Waals surface area contributed by atoms with Crippen molar-refractivity contribution in [2.24, 2.45) is 4.99 Å². The van der Waals surface area contributed by atoms with Crippen LogP contribution in [0, 0.1) is 5.82 Å². The largest absolute Gasteiger partial charge is 0.441 e. The molecule has 146 valence electrons. The lowest BCUT2D eigenvalue weighted by Crippen LogP contribution is -2.35. The lowest BCUT2D eigenvalue weighted by molar-refractivity contribution is 0.0963. The van der Waals surface area contributed by atoms with E-state index in [0.717, 1.165) is 0 Å². The van der Waals surface area contributed by atoms with E-state index in [-0.39, 0.29) is 13.2 Å². The van der Waals surface area contributed by atoms with E-state index in [1.54, 1.807) is 36.4 Å². The summed E-state index contributed by atoms with van der Waals surface area (Å²) in [5.41, 5.74) is 9.79. The Hall–Kier alpha value is -3.28. The number of hydrogen-bond donors (Lipinski definition) is 4. The number of aliphatic hydroxyl groups excluding tert-OH is 1. The zero-order valence-electron chi connectivity index (χ0n) is 14.9. The first-order valence-electron chi connectivity index (χ1n) is 8.49. The molecule has 10 nitrogen and oxygen atoms in total. The van der Waals surface area contributed by atoms with Crippen LogP contribution in [-0.2, 0) is 4.74 Å². The number of ether oxygens (including phenoxy) is 1. The molecular formula is C17H18FN7O3. The number of amides is 1. The standard InChI is InChI=1S/C17H18FN7O3/c1-24-22-16(21-23-24)20-15-5-2-10(7-19-15)13-4-3-11(6-14(13)18)25-8-12(9-26)28-17(25)27/h2-7,12,23,26H,8-9H2,1H3,(H2,19,20,21,22)/t12-/m1/s1. The Morgan fingerprint density at radius 3 is 2.86 bits per heavy atom.